The van der Waals surface area contributed by atoms with Crippen LogP contribution in [0.15, 0.2) is 30.3 Å². The topological polar surface area (TPSA) is 71.1 Å². The molecule has 2 atom stereocenters. The Morgan fingerprint density at radius 3 is 2.11 bits per heavy atom. The fraction of sp³-hybridized carbons (Fsp3) is 0.650. The number of ether oxygens (including phenoxy) is 1. The summed E-state index contributed by atoms with van der Waals surface area (Å²) in [4.78, 5) is 12.2. The number of carbonyl (C=O) groups excluding carboxylic acids is 1. The second kappa shape index (κ2) is 8.44. The Hall–Kier alpha value is -1.20. The van der Waals surface area contributed by atoms with Crippen LogP contribution < -0.4 is 0 Å². The van der Waals surface area contributed by atoms with Crippen molar-refractivity contribution >= 4 is 13.8 Å². The molecule has 1 aliphatic carbocycles. The van der Waals surface area contributed by atoms with Gasteiger partial charge in [0.25, 0.3) is 0 Å². The number of carbonyl (C=O) groups is 1. The van der Waals surface area contributed by atoms with Gasteiger partial charge in [0, 0.05) is 0 Å². The van der Waals surface area contributed by atoms with Crippen molar-refractivity contribution in [3.8, 4) is 0 Å². The summed E-state index contributed by atoms with van der Waals surface area (Å²) in [5.74, 6) is -0.518. The molecule has 0 spiro atoms. The maximum atomic E-state index is 13.0. The van der Waals surface area contributed by atoms with Crippen LogP contribution >= 0.6 is 7.82 Å². The van der Waals surface area contributed by atoms with Crippen LogP contribution in [0.1, 0.15) is 53.5 Å². The number of esters is 1. The highest BCUT2D eigenvalue weighted by Crippen LogP contribution is 2.57. The van der Waals surface area contributed by atoms with E-state index in [2.05, 4.69) is 0 Å². The molecule has 152 valence electrons. The summed E-state index contributed by atoms with van der Waals surface area (Å²) < 4.78 is 35.0. The Balaban J connectivity index is 1.84. The summed E-state index contributed by atoms with van der Waals surface area (Å²) >= 11 is 0. The number of benzene rings is 1. The smallest absolute Gasteiger partial charge is 0.461 e. The largest absolute Gasteiger partial charge is 0.475 e. The summed E-state index contributed by atoms with van der Waals surface area (Å²) in [6.45, 7) is 11.1. The van der Waals surface area contributed by atoms with Crippen molar-refractivity contribution in [3.05, 3.63) is 35.9 Å². The standard InChI is InChI=1S/C20H31O6P/c1-19(2,3)25-27(22,26-20(4,5)6)24-14-16-12-17(16)18(21)23-13-15-10-8-7-9-11-15/h7-11,16-17H,12-14H2,1-6H3/t16-,17-/m1/s1. The maximum Gasteiger partial charge on any atom is 0.475 e. The lowest BCUT2D eigenvalue weighted by atomic mass is 10.2. The van der Waals surface area contributed by atoms with E-state index in [0.717, 1.165) is 5.56 Å². The highest BCUT2D eigenvalue weighted by atomic mass is 31.2. The Labute approximate surface area is 162 Å². The zero-order chi connectivity index (χ0) is 20.3. The van der Waals surface area contributed by atoms with E-state index in [-0.39, 0.29) is 31.0 Å². The number of hydrogen-bond donors (Lipinski definition) is 0. The van der Waals surface area contributed by atoms with Gasteiger partial charge >= 0.3 is 13.8 Å². The molecular formula is C20H31O6P. The van der Waals surface area contributed by atoms with Gasteiger partial charge in [0.15, 0.2) is 0 Å². The zero-order valence-electron chi connectivity index (χ0n) is 17.1. The first-order valence-electron chi connectivity index (χ1n) is 9.24. The van der Waals surface area contributed by atoms with Gasteiger partial charge in [-0.2, -0.15) is 0 Å². The average molecular weight is 398 g/mol. The van der Waals surface area contributed by atoms with Gasteiger partial charge in [-0.05, 0) is 59.4 Å². The molecule has 0 N–H and O–H groups in total. The minimum Gasteiger partial charge on any atom is -0.461 e. The molecule has 1 aliphatic rings. The number of rotatable bonds is 8. The molecule has 1 aromatic rings. The minimum absolute atomic E-state index is 0.0336. The molecular weight excluding hydrogens is 367 g/mol. The molecule has 7 heteroatoms. The molecule has 1 fully saturated rings. The van der Waals surface area contributed by atoms with Crippen molar-refractivity contribution in [2.45, 2.75) is 65.8 Å². The van der Waals surface area contributed by atoms with E-state index in [9.17, 15) is 9.36 Å². The van der Waals surface area contributed by atoms with Gasteiger partial charge in [0.2, 0.25) is 0 Å². The Morgan fingerprint density at radius 2 is 1.59 bits per heavy atom. The predicted molar refractivity (Wildman–Crippen MR) is 103 cm³/mol. The van der Waals surface area contributed by atoms with Crippen LogP contribution in [0.3, 0.4) is 0 Å². The molecule has 2 rings (SSSR count). The van der Waals surface area contributed by atoms with Gasteiger partial charge in [0.05, 0.1) is 23.7 Å². The predicted octanol–water partition coefficient (Wildman–Crippen LogP) is 5.12. The fourth-order valence-corrected chi connectivity index (χ4v) is 4.34. The fourth-order valence-electron chi connectivity index (χ4n) is 2.49. The molecule has 27 heavy (non-hydrogen) atoms. The molecule has 0 unspecified atom stereocenters. The molecule has 1 aromatic carbocycles. The number of phosphoric acid groups is 1. The first-order valence-corrected chi connectivity index (χ1v) is 10.7. The second-order valence-corrected chi connectivity index (χ2v) is 10.4. The quantitative estimate of drug-likeness (QED) is 0.447. The van der Waals surface area contributed by atoms with Crippen molar-refractivity contribution in [2.24, 2.45) is 11.8 Å². The summed E-state index contributed by atoms with van der Waals surface area (Å²) in [6, 6.07) is 9.53. The van der Waals surface area contributed by atoms with E-state index in [1.165, 1.54) is 0 Å². The molecule has 0 radical (unpaired) electrons. The lowest BCUT2D eigenvalue weighted by Crippen LogP contribution is -2.25. The Kier molecular flexibility index (Phi) is 6.91. The van der Waals surface area contributed by atoms with Crippen LogP contribution in [0.5, 0.6) is 0 Å². The minimum atomic E-state index is -3.75. The molecule has 0 aromatic heterocycles. The van der Waals surface area contributed by atoms with Crippen LogP contribution in [0.25, 0.3) is 0 Å². The molecule has 0 saturated heterocycles. The van der Waals surface area contributed by atoms with Crippen LogP contribution in [-0.4, -0.2) is 23.8 Å². The van der Waals surface area contributed by atoms with E-state index in [1.807, 2.05) is 30.3 Å². The van der Waals surface area contributed by atoms with Gasteiger partial charge in [-0.15, -0.1) is 0 Å². The SMILES string of the molecule is CC(C)(C)OP(=O)(OC[C@H]1C[C@H]1C(=O)OCc1ccccc1)OC(C)(C)C. The Bertz CT molecular complexity index is 654. The van der Waals surface area contributed by atoms with E-state index >= 15 is 0 Å². The summed E-state index contributed by atoms with van der Waals surface area (Å²) in [7, 11) is -3.75. The average Bonchev–Trinajstić information content (AvgIpc) is 3.28. The lowest BCUT2D eigenvalue weighted by Gasteiger charge is -2.30. The third kappa shape index (κ3) is 8.14. The molecule has 0 aliphatic heterocycles. The van der Waals surface area contributed by atoms with Gasteiger partial charge < -0.3 is 4.74 Å². The third-order valence-corrected chi connectivity index (χ3v) is 5.68. The molecule has 0 bridgehead atoms. The highest BCUT2D eigenvalue weighted by molar-refractivity contribution is 7.48. The molecule has 0 heterocycles. The maximum absolute atomic E-state index is 13.0. The van der Waals surface area contributed by atoms with Gasteiger partial charge in [-0.25, -0.2) is 4.57 Å². The van der Waals surface area contributed by atoms with Crippen molar-refractivity contribution < 1.29 is 27.7 Å². The summed E-state index contributed by atoms with van der Waals surface area (Å²) in [5, 5.41) is 0. The molecule has 0 amide bonds. The molecule has 1 saturated carbocycles. The van der Waals surface area contributed by atoms with E-state index in [1.54, 1.807) is 41.5 Å². The number of phosphoric ester groups is 1. The van der Waals surface area contributed by atoms with Gasteiger partial charge in [0.1, 0.15) is 6.61 Å². The van der Waals surface area contributed by atoms with Gasteiger partial charge in [-0.1, -0.05) is 30.3 Å². The van der Waals surface area contributed by atoms with E-state index < -0.39 is 19.0 Å². The van der Waals surface area contributed by atoms with E-state index in [4.69, 9.17) is 18.3 Å². The third-order valence-electron chi connectivity index (χ3n) is 3.67. The van der Waals surface area contributed by atoms with Crippen LogP contribution in [-0.2, 0) is 34.3 Å². The zero-order valence-corrected chi connectivity index (χ0v) is 18.0. The lowest BCUT2D eigenvalue weighted by molar-refractivity contribution is -0.147. The second-order valence-electron chi connectivity index (χ2n) is 8.85. The van der Waals surface area contributed by atoms with Crippen LogP contribution in [0.2, 0.25) is 0 Å². The molecule has 6 nitrogen and oxygen atoms in total. The summed E-state index contributed by atoms with van der Waals surface area (Å²) in [5.41, 5.74) is -0.419. The van der Waals surface area contributed by atoms with Crippen LogP contribution in [0.4, 0.5) is 0 Å². The first kappa shape index (κ1) is 22.1. The number of hydrogen-bond acceptors (Lipinski definition) is 6. The highest BCUT2D eigenvalue weighted by Gasteiger charge is 2.47. The Morgan fingerprint density at radius 1 is 1.04 bits per heavy atom. The van der Waals surface area contributed by atoms with Gasteiger partial charge in [-0.3, -0.25) is 18.4 Å². The van der Waals surface area contributed by atoms with Crippen molar-refractivity contribution in [1.82, 2.24) is 0 Å². The first-order chi connectivity index (χ1) is 12.4. The van der Waals surface area contributed by atoms with Crippen LogP contribution in [0, 0.1) is 11.8 Å². The van der Waals surface area contributed by atoms with Crippen molar-refractivity contribution in [3.63, 3.8) is 0 Å². The normalized spacial score (nSPS) is 20.4. The van der Waals surface area contributed by atoms with E-state index in [0.29, 0.717) is 6.42 Å². The monoisotopic (exact) mass is 398 g/mol. The van der Waals surface area contributed by atoms with Crippen molar-refractivity contribution in [2.75, 3.05) is 6.61 Å². The summed E-state index contributed by atoms with van der Waals surface area (Å²) in [6.07, 6.45) is 0.651. The van der Waals surface area contributed by atoms with Crippen molar-refractivity contribution in [1.29, 1.82) is 0 Å².